The maximum absolute atomic E-state index is 12.8. The number of nitrogens with zero attached hydrogens (tertiary/aromatic N) is 1. The Morgan fingerprint density at radius 1 is 1.32 bits per heavy atom. The number of ether oxygens (including phenoxy) is 1. The average molecular weight is 328 g/mol. The van der Waals surface area contributed by atoms with E-state index in [0.717, 1.165) is 16.3 Å². The molecule has 0 unspecified atom stereocenters. The predicted molar refractivity (Wildman–Crippen MR) is 85.5 cm³/mol. The van der Waals surface area contributed by atoms with E-state index in [4.69, 9.17) is 4.74 Å². The molecule has 0 aromatic heterocycles. The van der Waals surface area contributed by atoms with Crippen molar-refractivity contribution in [3.05, 3.63) is 23.8 Å². The molecule has 1 amide bonds. The fraction of sp³-hybridized carbons (Fsp3) is 0.533. The predicted octanol–water partition coefficient (Wildman–Crippen LogP) is 1.54. The van der Waals surface area contributed by atoms with Crippen LogP contribution >= 0.6 is 0 Å². The molecule has 0 aliphatic heterocycles. The zero-order valence-electron chi connectivity index (χ0n) is 13.5. The normalized spacial score (nSPS) is 11.5. The monoisotopic (exact) mass is 328 g/mol. The standard InChI is InChI=1S/C15H24N2O4S/c1-5-9-16-15(18)11-17(6-2)22(19,20)14-10-12(3)7-8-13(14)21-4/h7-8,10H,5-6,9,11H2,1-4H3,(H,16,18). The van der Waals surface area contributed by atoms with Gasteiger partial charge in [0.1, 0.15) is 10.6 Å². The number of amides is 1. The first-order chi connectivity index (χ1) is 10.4. The Morgan fingerprint density at radius 2 is 2.00 bits per heavy atom. The number of carbonyl (C=O) groups is 1. The molecule has 0 saturated heterocycles. The van der Waals surface area contributed by atoms with Crippen LogP contribution in [-0.2, 0) is 14.8 Å². The van der Waals surface area contributed by atoms with Crippen LogP contribution < -0.4 is 10.1 Å². The van der Waals surface area contributed by atoms with E-state index < -0.39 is 10.0 Å². The summed E-state index contributed by atoms with van der Waals surface area (Å²) in [5, 5.41) is 2.68. The lowest BCUT2D eigenvalue weighted by Crippen LogP contribution is -2.40. The highest BCUT2D eigenvalue weighted by molar-refractivity contribution is 7.89. The topological polar surface area (TPSA) is 75.7 Å². The fourth-order valence-electron chi connectivity index (χ4n) is 1.97. The van der Waals surface area contributed by atoms with Crippen LogP contribution in [-0.4, -0.2) is 45.4 Å². The number of hydrogen-bond acceptors (Lipinski definition) is 4. The van der Waals surface area contributed by atoms with Gasteiger partial charge < -0.3 is 10.1 Å². The lowest BCUT2D eigenvalue weighted by Gasteiger charge is -2.21. The van der Waals surface area contributed by atoms with Crippen molar-refractivity contribution >= 4 is 15.9 Å². The SMILES string of the molecule is CCCNC(=O)CN(CC)S(=O)(=O)c1cc(C)ccc1OC. The summed E-state index contributed by atoms with van der Waals surface area (Å²) in [4.78, 5) is 11.9. The van der Waals surface area contributed by atoms with E-state index in [9.17, 15) is 13.2 Å². The van der Waals surface area contributed by atoms with Gasteiger partial charge >= 0.3 is 0 Å². The summed E-state index contributed by atoms with van der Waals surface area (Å²) in [7, 11) is -2.36. The minimum absolute atomic E-state index is 0.0835. The molecule has 7 heteroatoms. The Kier molecular flexibility index (Phi) is 6.83. The third kappa shape index (κ3) is 4.45. The molecule has 0 saturated carbocycles. The van der Waals surface area contributed by atoms with Crippen molar-refractivity contribution in [2.24, 2.45) is 0 Å². The van der Waals surface area contributed by atoms with Gasteiger partial charge in [0.2, 0.25) is 15.9 Å². The quantitative estimate of drug-likeness (QED) is 0.785. The second-order valence-electron chi connectivity index (χ2n) is 4.94. The molecule has 0 heterocycles. The highest BCUT2D eigenvalue weighted by Gasteiger charge is 2.28. The molecule has 0 aliphatic carbocycles. The largest absolute Gasteiger partial charge is 0.495 e. The van der Waals surface area contributed by atoms with Crippen LogP contribution in [0.15, 0.2) is 23.1 Å². The van der Waals surface area contributed by atoms with Crippen LogP contribution in [0, 0.1) is 6.92 Å². The molecule has 1 aromatic carbocycles. The molecule has 6 nitrogen and oxygen atoms in total. The van der Waals surface area contributed by atoms with Crippen LogP contribution in [0.1, 0.15) is 25.8 Å². The van der Waals surface area contributed by atoms with Crippen molar-refractivity contribution in [3.63, 3.8) is 0 Å². The van der Waals surface area contributed by atoms with Crippen LogP contribution in [0.25, 0.3) is 0 Å². The molecule has 1 N–H and O–H groups in total. The van der Waals surface area contributed by atoms with Gasteiger partial charge in [-0.1, -0.05) is 19.9 Å². The number of aryl methyl sites for hydroxylation is 1. The molecular weight excluding hydrogens is 304 g/mol. The van der Waals surface area contributed by atoms with E-state index in [1.807, 2.05) is 13.8 Å². The number of benzene rings is 1. The van der Waals surface area contributed by atoms with Crippen LogP contribution in [0.3, 0.4) is 0 Å². The van der Waals surface area contributed by atoms with Crippen molar-refractivity contribution in [3.8, 4) is 5.75 Å². The highest BCUT2D eigenvalue weighted by Crippen LogP contribution is 2.27. The van der Waals surface area contributed by atoms with Crippen molar-refractivity contribution < 1.29 is 17.9 Å². The Balaban J connectivity index is 3.09. The van der Waals surface area contributed by atoms with E-state index >= 15 is 0 Å². The lowest BCUT2D eigenvalue weighted by molar-refractivity contribution is -0.121. The maximum atomic E-state index is 12.8. The molecule has 124 valence electrons. The number of hydrogen-bond donors (Lipinski definition) is 1. The molecule has 0 aliphatic rings. The van der Waals surface area contributed by atoms with Crippen LogP contribution in [0.4, 0.5) is 0 Å². The van der Waals surface area contributed by atoms with Crippen LogP contribution in [0.5, 0.6) is 5.75 Å². The zero-order valence-corrected chi connectivity index (χ0v) is 14.4. The number of carbonyl (C=O) groups excluding carboxylic acids is 1. The Morgan fingerprint density at radius 3 is 2.55 bits per heavy atom. The molecule has 22 heavy (non-hydrogen) atoms. The summed E-state index contributed by atoms with van der Waals surface area (Å²) in [6.07, 6.45) is 0.802. The minimum Gasteiger partial charge on any atom is -0.495 e. The molecular formula is C15H24N2O4S. The van der Waals surface area contributed by atoms with Gasteiger partial charge in [-0.15, -0.1) is 0 Å². The Bertz CT molecular complexity index is 614. The van der Waals surface area contributed by atoms with Crippen molar-refractivity contribution in [2.75, 3.05) is 26.7 Å². The Hall–Kier alpha value is -1.60. The summed E-state index contributed by atoms with van der Waals surface area (Å²) in [6, 6.07) is 4.95. The minimum atomic E-state index is -3.79. The van der Waals surface area contributed by atoms with E-state index in [0.29, 0.717) is 6.54 Å². The van der Waals surface area contributed by atoms with Gasteiger partial charge in [-0.25, -0.2) is 8.42 Å². The molecule has 1 aromatic rings. The first-order valence-electron chi connectivity index (χ1n) is 7.28. The first-order valence-corrected chi connectivity index (χ1v) is 8.72. The number of sulfonamides is 1. The van der Waals surface area contributed by atoms with Gasteiger partial charge in [0.05, 0.1) is 13.7 Å². The molecule has 0 bridgehead atoms. The van der Waals surface area contributed by atoms with Crippen LogP contribution in [0.2, 0.25) is 0 Å². The molecule has 0 fully saturated rings. The second-order valence-corrected chi connectivity index (χ2v) is 6.84. The van der Waals surface area contributed by atoms with Gasteiger partial charge in [-0.3, -0.25) is 4.79 Å². The van der Waals surface area contributed by atoms with Crippen molar-refractivity contribution in [2.45, 2.75) is 32.1 Å². The van der Waals surface area contributed by atoms with E-state index in [-0.39, 0.29) is 29.6 Å². The number of methoxy groups -OCH3 is 1. The number of nitrogens with one attached hydrogen (secondary N) is 1. The van der Waals surface area contributed by atoms with Crippen molar-refractivity contribution in [1.29, 1.82) is 0 Å². The zero-order chi connectivity index (χ0) is 16.8. The Labute approximate surface area is 132 Å². The fourth-order valence-corrected chi connectivity index (χ4v) is 3.62. The smallest absolute Gasteiger partial charge is 0.247 e. The third-order valence-electron chi connectivity index (χ3n) is 3.18. The summed E-state index contributed by atoms with van der Waals surface area (Å²) in [5.41, 5.74) is 0.811. The van der Waals surface area contributed by atoms with Gasteiger partial charge in [0, 0.05) is 13.1 Å². The summed E-state index contributed by atoms with van der Waals surface area (Å²) >= 11 is 0. The van der Waals surface area contributed by atoms with Gasteiger partial charge in [0.15, 0.2) is 0 Å². The van der Waals surface area contributed by atoms with E-state index in [1.54, 1.807) is 25.1 Å². The molecule has 0 atom stereocenters. The first kappa shape index (κ1) is 18.4. The average Bonchev–Trinajstić information content (AvgIpc) is 2.50. The maximum Gasteiger partial charge on any atom is 0.247 e. The van der Waals surface area contributed by atoms with Gasteiger partial charge in [-0.2, -0.15) is 4.31 Å². The van der Waals surface area contributed by atoms with E-state index in [1.165, 1.54) is 7.11 Å². The number of likely N-dealkylation sites (N-methyl/N-ethyl adjacent to an activating group) is 1. The second kappa shape index (κ2) is 8.14. The summed E-state index contributed by atoms with van der Waals surface area (Å²) in [6.45, 7) is 5.99. The molecule has 1 rings (SSSR count). The summed E-state index contributed by atoms with van der Waals surface area (Å²) < 4.78 is 31.8. The summed E-state index contributed by atoms with van der Waals surface area (Å²) in [5.74, 6) is -0.0306. The highest BCUT2D eigenvalue weighted by atomic mass is 32.2. The van der Waals surface area contributed by atoms with Crippen molar-refractivity contribution in [1.82, 2.24) is 9.62 Å². The third-order valence-corrected chi connectivity index (χ3v) is 5.12. The van der Waals surface area contributed by atoms with Gasteiger partial charge in [-0.05, 0) is 31.0 Å². The number of rotatable bonds is 8. The lowest BCUT2D eigenvalue weighted by atomic mass is 10.2. The van der Waals surface area contributed by atoms with Gasteiger partial charge in [0.25, 0.3) is 0 Å². The van der Waals surface area contributed by atoms with E-state index in [2.05, 4.69) is 5.32 Å². The molecule has 0 spiro atoms. The molecule has 0 radical (unpaired) electrons.